The van der Waals surface area contributed by atoms with Crippen LogP contribution in [0, 0.1) is 25.1 Å². The van der Waals surface area contributed by atoms with Crippen LogP contribution in [0.25, 0.3) is 67.2 Å². The van der Waals surface area contributed by atoms with E-state index in [2.05, 4.69) is 82.5 Å². The van der Waals surface area contributed by atoms with E-state index < -0.39 is 0 Å². The second kappa shape index (κ2) is 25.3. The zero-order valence-electron chi connectivity index (χ0n) is 34.2. The summed E-state index contributed by atoms with van der Waals surface area (Å²) in [5, 5.41) is 0. The molecule has 0 unspecified atom stereocenters. The average Bonchev–Trinajstić information content (AvgIpc) is 3.33. The van der Waals surface area contributed by atoms with Crippen LogP contribution in [0.2, 0.25) is 0 Å². The number of hydrogen-bond acceptors (Lipinski definition) is 5. The topological polar surface area (TPSA) is 57.1 Å². The summed E-state index contributed by atoms with van der Waals surface area (Å²) in [6.07, 6.45) is 5.67. The van der Waals surface area contributed by atoms with Crippen molar-refractivity contribution in [2.45, 2.75) is 6.92 Å². The van der Waals surface area contributed by atoms with E-state index in [1.54, 1.807) is 14.2 Å². The number of nitrogens with zero attached hydrogens (tertiary/aromatic N) is 3. The maximum absolute atomic E-state index is 5.38. The number of pyridine rings is 3. The van der Waals surface area contributed by atoms with Crippen molar-refractivity contribution in [3.8, 4) is 78.7 Å². The first-order valence-corrected chi connectivity index (χ1v) is 19.2. The van der Waals surface area contributed by atoms with Crippen LogP contribution in [0.1, 0.15) is 5.56 Å². The van der Waals surface area contributed by atoms with Crippen LogP contribution in [0.3, 0.4) is 0 Å². The number of hydrogen-bond donors (Lipinski definition) is 0. The molecule has 0 aliphatic carbocycles. The first-order chi connectivity index (χ1) is 29.1. The molecule has 9 aromatic rings. The van der Waals surface area contributed by atoms with Crippen LogP contribution in [-0.2, 0) is 60.3 Å². The molecule has 0 amide bonds. The van der Waals surface area contributed by atoms with E-state index in [-0.39, 0.29) is 60.3 Å². The van der Waals surface area contributed by atoms with Crippen molar-refractivity contribution in [1.29, 1.82) is 0 Å². The number of methoxy groups -OCH3 is 2. The summed E-state index contributed by atoms with van der Waals surface area (Å²) in [7, 11) is 3.36. The standard InChI is InChI=1S/2C18H14NO.C18H14N.3Ir/c2*1-20-18-10-6-5-9-16(18)15-11-12-17(19-13-15)14-7-3-2-4-8-14;1-14-7-5-6-10-17(14)16-11-12-18(19-13-16)15-8-3-2-4-9-15;;;/h2*2-7,9-13H,1H3;2-8,10-13H,1H3;;;/q3*-1;;;. The molecule has 0 N–H and O–H groups in total. The summed E-state index contributed by atoms with van der Waals surface area (Å²) in [6, 6.07) is 69.7. The molecular weight excluding hydrogens is 1300 g/mol. The van der Waals surface area contributed by atoms with Crippen molar-refractivity contribution < 1.29 is 69.8 Å². The Kier molecular flexibility index (Phi) is 20.0. The van der Waals surface area contributed by atoms with E-state index in [9.17, 15) is 0 Å². The maximum Gasteiger partial charge on any atom is 0.126 e. The van der Waals surface area contributed by atoms with Gasteiger partial charge in [-0.15, -0.1) is 108 Å². The number of para-hydroxylation sites is 2. The Labute approximate surface area is 405 Å². The molecule has 0 saturated heterocycles. The molecule has 62 heavy (non-hydrogen) atoms. The Morgan fingerprint density at radius 3 is 0.984 bits per heavy atom. The molecule has 0 spiro atoms. The Balaban J connectivity index is 0.000000200. The van der Waals surface area contributed by atoms with Crippen LogP contribution in [-0.4, -0.2) is 29.2 Å². The molecule has 3 aromatic heterocycles. The zero-order chi connectivity index (χ0) is 40.7. The fourth-order valence-corrected chi connectivity index (χ4v) is 6.46. The van der Waals surface area contributed by atoms with Crippen LogP contribution in [0.4, 0.5) is 0 Å². The first kappa shape index (κ1) is 49.0. The van der Waals surface area contributed by atoms with Crippen LogP contribution < -0.4 is 9.47 Å². The molecule has 0 bridgehead atoms. The van der Waals surface area contributed by atoms with Gasteiger partial charge in [-0.2, -0.15) is 0 Å². The molecule has 315 valence electrons. The summed E-state index contributed by atoms with van der Waals surface area (Å²) in [6.45, 7) is 2.12. The van der Waals surface area contributed by atoms with Crippen molar-refractivity contribution >= 4 is 0 Å². The van der Waals surface area contributed by atoms with E-state index in [0.29, 0.717) is 0 Å². The predicted molar refractivity (Wildman–Crippen MR) is 240 cm³/mol. The number of ether oxygens (including phenoxy) is 2. The largest absolute Gasteiger partial charge is 0.496 e. The minimum Gasteiger partial charge on any atom is -0.496 e. The molecule has 0 aliphatic rings. The molecule has 3 radical (unpaired) electrons. The van der Waals surface area contributed by atoms with Gasteiger partial charge in [-0.05, 0) is 52.8 Å². The molecule has 5 nitrogen and oxygen atoms in total. The van der Waals surface area contributed by atoms with Gasteiger partial charge >= 0.3 is 0 Å². The maximum atomic E-state index is 5.38. The number of aryl methyl sites for hydroxylation is 1. The summed E-state index contributed by atoms with van der Waals surface area (Å²) in [4.78, 5) is 13.6. The predicted octanol–water partition coefficient (Wildman–Crippen LogP) is 13.0. The van der Waals surface area contributed by atoms with Gasteiger partial charge in [-0.1, -0.05) is 97.1 Å². The van der Waals surface area contributed by atoms with E-state index >= 15 is 0 Å². The van der Waals surface area contributed by atoms with Gasteiger partial charge in [0.25, 0.3) is 0 Å². The quantitative estimate of drug-likeness (QED) is 0.142. The van der Waals surface area contributed by atoms with Gasteiger partial charge in [-0.3, -0.25) is 0 Å². The molecule has 9 rings (SSSR count). The molecule has 8 heteroatoms. The summed E-state index contributed by atoms with van der Waals surface area (Å²) in [5.41, 5.74) is 13.7. The van der Waals surface area contributed by atoms with E-state index in [4.69, 9.17) is 9.47 Å². The van der Waals surface area contributed by atoms with Gasteiger partial charge in [-0.25, -0.2) is 0 Å². The van der Waals surface area contributed by atoms with Gasteiger partial charge in [0.15, 0.2) is 0 Å². The Morgan fingerprint density at radius 2 is 0.677 bits per heavy atom. The second-order valence-corrected chi connectivity index (χ2v) is 13.3. The van der Waals surface area contributed by atoms with Crippen molar-refractivity contribution in [3.63, 3.8) is 0 Å². The second-order valence-electron chi connectivity index (χ2n) is 13.3. The normalized spacial score (nSPS) is 9.79. The van der Waals surface area contributed by atoms with E-state index in [1.165, 1.54) is 11.1 Å². The zero-order valence-corrected chi connectivity index (χ0v) is 41.4. The molecule has 0 atom stereocenters. The molecule has 0 fully saturated rings. The SMILES string of the molecule is COc1ccccc1-c1ccc(-c2[c-]cccc2)nc1.COc1ccccc1-c1ccc(-c2[c-]cccc2)nc1.Cc1ccccc1-c1ccc(-c2[c-]cccc2)nc1.[Ir].[Ir].[Ir]. The van der Waals surface area contributed by atoms with Gasteiger partial charge in [0.05, 0.1) is 14.2 Å². The number of aromatic nitrogens is 3. The van der Waals surface area contributed by atoms with Gasteiger partial charge in [0.2, 0.25) is 0 Å². The van der Waals surface area contributed by atoms with Crippen molar-refractivity contribution in [3.05, 3.63) is 224 Å². The van der Waals surface area contributed by atoms with Crippen LogP contribution in [0.5, 0.6) is 11.5 Å². The minimum atomic E-state index is 0. The molecule has 6 aromatic carbocycles. The molecule has 0 saturated carbocycles. The van der Waals surface area contributed by atoms with Crippen molar-refractivity contribution in [2.24, 2.45) is 0 Å². The Hall–Kier alpha value is -5.68. The van der Waals surface area contributed by atoms with Crippen molar-refractivity contribution in [1.82, 2.24) is 15.0 Å². The fraction of sp³-hybridized carbons (Fsp3) is 0.0556. The third-order valence-electron chi connectivity index (χ3n) is 9.54. The summed E-state index contributed by atoms with van der Waals surface area (Å²) in [5.74, 6) is 1.71. The smallest absolute Gasteiger partial charge is 0.126 e. The van der Waals surface area contributed by atoms with E-state index in [0.717, 1.165) is 73.1 Å². The summed E-state index contributed by atoms with van der Waals surface area (Å²) >= 11 is 0. The average molecular weight is 1340 g/mol. The number of rotatable bonds is 8. The third kappa shape index (κ3) is 12.9. The molecule has 0 aliphatic heterocycles. The summed E-state index contributed by atoms with van der Waals surface area (Å²) < 4.78 is 10.8. The van der Waals surface area contributed by atoms with Gasteiger partial charge in [0, 0.05) is 101 Å². The number of benzene rings is 6. The van der Waals surface area contributed by atoms with Gasteiger partial charge in [0.1, 0.15) is 11.5 Å². The first-order valence-electron chi connectivity index (χ1n) is 19.2. The molecule has 3 heterocycles. The third-order valence-corrected chi connectivity index (χ3v) is 9.54. The molecular formula is C54H42Ir3N3O2-3. The fourth-order valence-electron chi connectivity index (χ4n) is 6.46. The Bertz CT molecular complexity index is 2540. The minimum absolute atomic E-state index is 0. The van der Waals surface area contributed by atoms with E-state index in [1.807, 2.05) is 158 Å². The monoisotopic (exact) mass is 1340 g/mol. The van der Waals surface area contributed by atoms with Crippen LogP contribution >= 0.6 is 0 Å². The van der Waals surface area contributed by atoms with Crippen molar-refractivity contribution in [2.75, 3.05) is 14.2 Å². The van der Waals surface area contributed by atoms with Crippen LogP contribution in [0.15, 0.2) is 201 Å². The Morgan fingerprint density at radius 1 is 0.355 bits per heavy atom. The van der Waals surface area contributed by atoms with Gasteiger partial charge < -0.3 is 24.4 Å².